The van der Waals surface area contributed by atoms with Crippen molar-refractivity contribution in [1.29, 1.82) is 0 Å². The Balaban J connectivity index is 2.45. The third kappa shape index (κ3) is 1.60. The van der Waals surface area contributed by atoms with E-state index in [4.69, 9.17) is 18.0 Å². The Morgan fingerprint density at radius 2 is 2.18 bits per heavy atom. The molecule has 0 bridgehead atoms. The molecule has 1 aliphatic carbocycles. The van der Waals surface area contributed by atoms with Crippen molar-refractivity contribution in [2.45, 2.75) is 19.3 Å². The molecule has 1 aromatic carbocycles. The van der Waals surface area contributed by atoms with Crippen molar-refractivity contribution in [2.24, 2.45) is 5.73 Å². The van der Waals surface area contributed by atoms with Crippen LogP contribution in [0.25, 0.3) is 10.9 Å². The maximum atomic E-state index is 13.3. The van der Waals surface area contributed by atoms with Crippen LogP contribution < -0.4 is 5.73 Å². The molecule has 3 rings (SSSR count). The Kier molecular flexibility index (Phi) is 2.33. The van der Waals surface area contributed by atoms with Gasteiger partial charge in [0.2, 0.25) is 0 Å². The molecule has 0 atom stereocenters. The van der Waals surface area contributed by atoms with E-state index in [1.165, 1.54) is 12.1 Å². The summed E-state index contributed by atoms with van der Waals surface area (Å²) in [5.41, 5.74) is 9.54. The van der Waals surface area contributed by atoms with Crippen molar-refractivity contribution < 1.29 is 4.39 Å². The van der Waals surface area contributed by atoms with E-state index in [-0.39, 0.29) is 5.82 Å². The molecule has 2 nitrogen and oxygen atoms in total. The van der Waals surface area contributed by atoms with Crippen LogP contribution in [0.1, 0.15) is 23.2 Å². The zero-order valence-electron chi connectivity index (χ0n) is 9.16. The average molecular weight is 246 g/mol. The molecule has 1 aromatic heterocycles. The molecule has 17 heavy (non-hydrogen) atoms. The summed E-state index contributed by atoms with van der Waals surface area (Å²) in [5.74, 6) is -0.283. The zero-order valence-corrected chi connectivity index (χ0v) is 9.98. The van der Waals surface area contributed by atoms with Gasteiger partial charge in [-0.1, -0.05) is 12.2 Å². The molecule has 86 valence electrons. The van der Waals surface area contributed by atoms with Gasteiger partial charge in [-0.2, -0.15) is 0 Å². The Morgan fingerprint density at radius 1 is 1.35 bits per heavy atom. The summed E-state index contributed by atoms with van der Waals surface area (Å²) in [6, 6.07) is 4.57. The summed E-state index contributed by atoms with van der Waals surface area (Å²) >= 11 is 5.10. The van der Waals surface area contributed by atoms with E-state index in [9.17, 15) is 4.39 Å². The number of aromatic nitrogens is 1. The number of rotatable bonds is 1. The highest BCUT2D eigenvalue weighted by molar-refractivity contribution is 7.80. The first-order chi connectivity index (χ1) is 8.16. The zero-order chi connectivity index (χ0) is 12.0. The lowest BCUT2D eigenvalue weighted by atomic mass is 10.0. The van der Waals surface area contributed by atoms with Gasteiger partial charge in [-0.15, -0.1) is 0 Å². The summed E-state index contributed by atoms with van der Waals surface area (Å²) in [5, 5.41) is 0.734. The molecular weight excluding hydrogens is 235 g/mol. The maximum absolute atomic E-state index is 13.3. The second-order valence-electron chi connectivity index (χ2n) is 4.29. The number of aryl methyl sites for hydroxylation is 1. The van der Waals surface area contributed by atoms with Crippen LogP contribution in [-0.4, -0.2) is 9.97 Å². The minimum absolute atomic E-state index is 0.283. The monoisotopic (exact) mass is 246 g/mol. The quantitative estimate of drug-likeness (QED) is 0.786. The van der Waals surface area contributed by atoms with Gasteiger partial charge >= 0.3 is 0 Å². The van der Waals surface area contributed by atoms with Gasteiger partial charge in [0, 0.05) is 16.6 Å². The lowest BCUT2D eigenvalue weighted by molar-refractivity contribution is 0.629. The minimum Gasteiger partial charge on any atom is -0.389 e. The smallest absolute Gasteiger partial charge is 0.123 e. The highest BCUT2D eigenvalue weighted by Gasteiger charge is 2.20. The van der Waals surface area contributed by atoms with E-state index in [1.54, 1.807) is 6.07 Å². The average Bonchev–Trinajstić information content (AvgIpc) is 2.72. The van der Waals surface area contributed by atoms with Crippen molar-refractivity contribution in [1.82, 2.24) is 4.98 Å². The van der Waals surface area contributed by atoms with Gasteiger partial charge in [-0.25, -0.2) is 4.39 Å². The topological polar surface area (TPSA) is 38.9 Å². The molecule has 1 aliphatic rings. The van der Waals surface area contributed by atoms with Crippen molar-refractivity contribution in [3.05, 3.63) is 40.8 Å². The Bertz CT molecular complexity index is 637. The third-order valence-corrected chi connectivity index (χ3v) is 3.42. The second kappa shape index (κ2) is 3.74. The fourth-order valence-electron chi connectivity index (χ4n) is 2.52. The normalized spacial score (nSPS) is 13.9. The van der Waals surface area contributed by atoms with Gasteiger partial charge in [0.05, 0.1) is 5.52 Å². The molecule has 2 aromatic rings. The van der Waals surface area contributed by atoms with E-state index in [1.807, 2.05) is 0 Å². The third-order valence-electron chi connectivity index (χ3n) is 3.22. The number of nitrogens with zero attached hydrogens (tertiary/aromatic N) is 1. The fourth-order valence-corrected chi connectivity index (χ4v) is 2.75. The van der Waals surface area contributed by atoms with Crippen molar-refractivity contribution in [3.8, 4) is 0 Å². The number of halogens is 1. The number of fused-ring (bicyclic) bond motifs is 2. The molecule has 0 saturated heterocycles. The number of benzene rings is 1. The first-order valence-electron chi connectivity index (χ1n) is 5.57. The predicted molar refractivity (Wildman–Crippen MR) is 69.6 cm³/mol. The van der Waals surface area contributed by atoms with Crippen LogP contribution in [0.4, 0.5) is 4.39 Å². The maximum Gasteiger partial charge on any atom is 0.123 e. The largest absolute Gasteiger partial charge is 0.389 e. The van der Waals surface area contributed by atoms with E-state index >= 15 is 0 Å². The van der Waals surface area contributed by atoms with Crippen molar-refractivity contribution >= 4 is 28.1 Å². The highest BCUT2D eigenvalue weighted by atomic mass is 32.1. The van der Waals surface area contributed by atoms with Crippen LogP contribution in [0.3, 0.4) is 0 Å². The molecule has 4 heteroatoms. The van der Waals surface area contributed by atoms with Crippen LogP contribution in [0.5, 0.6) is 0 Å². The first kappa shape index (κ1) is 10.6. The van der Waals surface area contributed by atoms with Crippen LogP contribution >= 0.6 is 12.2 Å². The molecule has 0 unspecified atom stereocenters. The van der Waals surface area contributed by atoms with Crippen LogP contribution in [0, 0.1) is 5.82 Å². The molecule has 1 heterocycles. The lowest BCUT2D eigenvalue weighted by Gasteiger charge is -2.10. The van der Waals surface area contributed by atoms with Gasteiger partial charge in [0.1, 0.15) is 10.8 Å². The fraction of sp³-hybridized carbons (Fsp3) is 0.231. The molecule has 0 fully saturated rings. The molecular formula is C13H11FN2S. The Morgan fingerprint density at radius 3 is 2.94 bits per heavy atom. The van der Waals surface area contributed by atoms with E-state index in [0.29, 0.717) is 4.99 Å². The first-order valence-corrected chi connectivity index (χ1v) is 5.98. The van der Waals surface area contributed by atoms with E-state index in [0.717, 1.165) is 47.0 Å². The van der Waals surface area contributed by atoms with Crippen molar-refractivity contribution in [2.75, 3.05) is 0 Å². The molecule has 0 spiro atoms. The second-order valence-corrected chi connectivity index (χ2v) is 4.73. The highest BCUT2D eigenvalue weighted by Crippen LogP contribution is 2.30. The van der Waals surface area contributed by atoms with Gasteiger partial charge in [-0.3, -0.25) is 4.98 Å². The molecule has 0 saturated carbocycles. The summed E-state index contributed by atoms with van der Waals surface area (Å²) < 4.78 is 13.3. The lowest BCUT2D eigenvalue weighted by Crippen LogP contribution is -2.14. The number of pyridine rings is 1. The van der Waals surface area contributed by atoms with Gasteiger partial charge in [0.25, 0.3) is 0 Å². The van der Waals surface area contributed by atoms with E-state index < -0.39 is 0 Å². The van der Waals surface area contributed by atoms with Crippen LogP contribution in [0.2, 0.25) is 0 Å². The molecule has 0 radical (unpaired) electrons. The standard InChI is InChI=1S/C13H11FN2S/c14-7-4-5-11-9(6-7)12(13(15)17)8-2-1-3-10(8)16-11/h4-6H,1-3H2,(H2,15,17). The summed E-state index contributed by atoms with van der Waals surface area (Å²) in [6.45, 7) is 0. The van der Waals surface area contributed by atoms with Crippen LogP contribution in [0.15, 0.2) is 18.2 Å². The summed E-state index contributed by atoms with van der Waals surface area (Å²) in [7, 11) is 0. The predicted octanol–water partition coefficient (Wildman–Crippen LogP) is 2.50. The number of thiocarbonyl (C=S) groups is 1. The number of nitrogens with two attached hydrogens (primary N) is 1. The van der Waals surface area contributed by atoms with E-state index in [2.05, 4.69) is 4.98 Å². The molecule has 2 N–H and O–H groups in total. The van der Waals surface area contributed by atoms with Crippen molar-refractivity contribution in [3.63, 3.8) is 0 Å². The van der Waals surface area contributed by atoms with Gasteiger partial charge < -0.3 is 5.73 Å². The Labute approximate surface area is 104 Å². The number of hydrogen-bond acceptors (Lipinski definition) is 2. The Hall–Kier alpha value is -1.55. The SMILES string of the molecule is NC(=S)c1c2c(nc3ccc(F)cc13)CCC2. The van der Waals surface area contributed by atoms with Crippen LogP contribution in [-0.2, 0) is 12.8 Å². The minimum atomic E-state index is -0.283. The summed E-state index contributed by atoms with van der Waals surface area (Å²) in [6.07, 6.45) is 2.95. The molecule has 0 amide bonds. The van der Waals surface area contributed by atoms with Gasteiger partial charge in [0.15, 0.2) is 0 Å². The number of hydrogen-bond donors (Lipinski definition) is 1. The van der Waals surface area contributed by atoms with Gasteiger partial charge in [-0.05, 0) is 43.0 Å². The molecule has 0 aliphatic heterocycles. The summed E-state index contributed by atoms with van der Waals surface area (Å²) in [4.78, 5) is 4.89.